The molecule has 0 radical (unpaired) electrons. The minimum absolute atomic E-state index is 0.203. The van der Waals surface area contributed by atoms with Crippen molar-refractivity contribution < 1.29 is 8.42 Å². The summed E-state index contributed by atoms with van der Waals surface area (Å²) in [7, 11) is -2.78. The molecule has 0 saturated carbocycles. The lowest BCUT2D eigenvalue weighted by atomic mass is 10.0. The summed E-state index contributed by atoms with van der Waals surface area (Å²) >= 11 is 6.11. The van der Waals surface area contributed by atoms with Crippen LogP contribution in [0, 0.1) is 5.92 Å². The predicted octanol–water partition coefficient (Wildman–Crippen LogP) is 3.24. The zero-order valence-corrected chi connectivity index (χ0v) is 11.6. The highest BCUT2D eigenvalue weighted by atomic mass is 35.5. The summed E-state index contributed by atoms with van der Waals surface area (Å²) in [6.07, 6.45) is 3.61. The van der Waals surface area contributed by atoms with Crippen LogP contribution in [0.2, 0.25) is 0 Å². The Labute approximate surface area is 99.3 Å². The fourth-order valence-corrected chi connectivity index (χ4v) is 2.90. The lowest BCUT2D eigenvalue weighted by Crippen LogP contribution is -2.09. The Bertz CT molecular complexity index is 247. The zero-order valence-electron chi connectivity index (χ0n) is 10.0. The highest BCUT2D eigenvalue weighted by Crippen LogP contribution is 2.16. The van der Waals surface area contributed by atoms with Gasteiger partial charge in [0.15, 0.2) is 0 Å². The van der Waals surface area contributed by atoms with Crippen LogP contribution in [-0.4, -0.2) is 25.3 Å². The molecule has 1 atom stereocenters. The van der Waals surface area contributed by atoms with Gasteiger partial charge in [0.1, 0.15) is 9.84 Å². The quantitative estimate of drug-likeness (QED) is 0.492. The molecule has 0 N–H and O–H groups in total. The predicted molar refractivity (Wildman–Crippen MR) is 67.3 cm³/mol. The maximum Gasteiger partial charge on any atom is 0.150 e. The van der Waals surface area contributed by atoms with Crippen LogP contribution in [0.3, 0.4) is 0 Å². The van der Waals surface area contributed by atoms with E-state index in [0.717, 1.165) is 25.7 Å². The van der Waals surface area contributed by atoms with Gasteiger partial charge in [-0.05, 0) is 25.2 Å². The second kappa shape index (κ2) is 7.50. The molecule has 0 saturated heterocycles. The van der Waals surface area contributed by atoms with Crippen molar-refractivity contribution in [3.05, 3.63) is 0 Å². The molecule has 0 aliphatic carbocycles. The number of alkyl halides is 1. The number of halogens is 1. The van der Waals surface area contributed by atoms with Gasteiger partial charge in [-0.2, -0.15) is 0 Å². The van der Waals surface area contributed by atoms with Gasteiger partial charge in [0.05, 0.1) is 5.75 Å². The van der Waals surface area contributed by atoms with Crippen LogP contribution >= 0.6 is 11.6 Å². The van der Waals surface area contributed by atoms with E-state index in [0.29, 0.717) is 11.7 Å². The van der Waals surface area contributed by atoms with Crippen molar-refractivity contribution >= 4 is 21.4 Å². The van der Waals surface area contributed by atoms with E-state index in [4.69, 9.17) is 11.6 Å². The van der Waals surface area contributed by atoms with Crippen molar-refractivity contribution in [2.75, 3.05) is 11.5 Å². The lowest BCUT2D eigenvalue weighted by Gasteiger charge is -2.11. The third-order valence-corrected chi connectivity index (χ3v) is 4.58. The van der Waals surface area contributed by atoms with Crippen molar-refractivity contribution in [1.29, 1.82) is 0 Å². The first kappa shape index (κ1) is 15.2. The van der Waals surface area contributed by atoms with Gasteiger partial charge in [0.2, 0.25) is 0 Å². The van der Waals surface area contributed by atoms with Crippen LogP contribution in [-0.2, 0) is 9.84 Å². The average molecular weight is 255 g/mol. The molecule has 0 aromatic heterocycles. The van der Waals surface area contributed by atoms with Crippen molar-refractivity contribution in [3.8, 4) is 0 Å². The molecule has 0 aliphatic rings. The number of rotatable bonds is 8. The number of hydrogen-bond donors (Lipinski definition) is 0. The van der Waals surface area contributed by atoms with Crippen molar-refractivity contribution in [3.63, 3.8) is 0 Å². The van der Waals surface area contributed by atoms with Gasteiger partial charge in [0, 0.05) is 11.1 Å². The molecule has 0 aliphatic heterocycles. The topological polar surface area (TPSA) is 34.1 Å². The van der Waals surface area contributed by atoms with Gasteiger partial charge >= 0.3 is 0 Å². The maximum atomic E-state index is 11.2. The zero-order chi connectivity index (χ0) is 11.9. The molecule has 0 bridgehead atoms. The van der Waals surface area contributed by atoms with Crippen molar-refractivity contribution in [2.24, 2.45) is 5.92 Å². The van der Waals surface area contributed by atoms with Gasteiger partial charge in [-0.25, -0.2) is 8.42 Å². The summed E-state index contributed by atoms with van der Waals surface area (Å²) in [4.78, 5) is 0. The molecule has 92 valence electrons. The molecule has 0 fully saturated rings. The fraction of sp³-hybridized carbons (Fsp3) is 1.00. The monoisotopic (exact) mass is 254 g/mol. The molecule has 4 heteroatoms. The molecular weight excluding hydrogens is 232 g/mol. The van der Waals surface area contributed by atoms with E-state index in [-0.39, 0.29) is 11.1 Å². The largest absolute Gasteiger partial charge is 0.229 e. The number of sulfone groups is 1. The second-order valence-corrected chi connectivity index (χ2v) is 7.55. The van der Waals surface area contributed by atoms with Crippen LogP contribution in [0.4, 0.5) is 0 Å². The van der Waals surface area contributed by atoms with Crippen molar-refractivity contribution in [1.82, 2.24) is 0 Å². The fourth-order valence-electron chi connectivity index (χ4n) is 1.46. The Kier molecular flexibility index (Phi) is 7.62. The van der Waals surface area contributed by atoms with E-state index < -0.39 is 9.84 Å². The van der Waals surface area contributed by atoms with Crippen LogP contribution in [0.15, 0.2) is 0 Å². The molecule has 0 spiro atoms. The molecule has 2 nitrogen and oxygen atoms in total. The van der Waals surface area contributed by atoms with Gasteiger partial charge in [-0.3, -0.25) is 0 Å². The third-order valence-electron chi connectivity index (χ3n) is 2.39. The smallest absolute Gasteiger partial charge is 0.150 e. The first-order valence-electron chi connectivity index (χ1n) is 5.72. The average Bonchev–Trinajstić information content (AvgIpc) is 2.11. The lowest BCUT2D eigenvalue weighted by molar-refractivity contribution is 0.529. The molecule has 0 aromatic rings. The molecule has 15 heavy (non-hydrogen) atoms. The Hall–Kier alpha value is 0.240. The Morgan fingerprint density at radius 3 is 2.27 bits per heavy atom. The van der Waals surface area contributed by atoms with Gasteiger partial charge in [-0.1, -0.05) is 27.2 Å². The molecule has 0 rings (SSSR count). The van der Waals surface area contributed by atoms with E-state index in [9.17, 15) is 8.42 Å². The second-order valence-electron chi connectivity index (χ2n) is 4.46. The van der Waals surface area contributed by atoms with E-state index in [1.165, 1.54) is 0 Å². The Morgan fingerprint density at radius 1 is 1.20 bits per heavy atom. The summed E-state index contributed by atoms with van der Waals surface area (Å²) in [5.74, 6) is 1.19. The van der Waals surface area contributed by atoms with Crippen LogP contribution in [0.5, 0.6) is 0 Å². The van der Waals surface area contributed by atoms with Crippen molar-refractivity contribution in [2.45, 2.75) is 51.8 Å². The number of hydrogen-bond acceptors (Lipinski definition) is 2. The summed E-state index contributed by atoms with van der Waals surface area (Å²) < 4.78 is 22.4. The summed E-state index contributed by atoms with van der Waals surface area (Å²) in [6, 6.07) is 0. The van der Waals surface area contributed by atoms with Crippen LogP contribution in [0.1, 0.15) is 46.5 Å². The molecule has 1 unspecified atom stereocenters. The minimum atomic E-state index is -2.78. The van der Waals surface area contributed by atoms with E-state index in [2.05, 4.69) is 13.8 Å². The van der Waals surface area contributed by atoms with Crippen LogP contribution < -0.4 is 0 Å². The van der Waals surface area contributed by atoms with E-state index in [1.54, 1.807) is 6.92 Å². The van der Waals surface area contributed by atoms with Gasteiger partial charge in [0.25, 0.3) is 0 Å². The van der Waals surface area contributed by atoms with Gasteiger partial charge < -0.3 is 0 Å². The molecular formula is C11H23ClO2S. The first-order chi connectivity index (χ1) is 6.87. The summed E-state index contributed by atoms with van der Waals surface area (Å²) in [6.45, 7) is 5.99. The summed E-state index contributed by atoms with van der Waals surface area (Å²) in [5.41, 5.74) is 0. The SMILES string of the molecule is CCS(=O)(=O)CCCCC(Cl)CC(C)C. The van der Waals surface area contributed by atoms with Crippen LogP contribution in [0.25, 0.3) is 0 Å². The normalized spacial score (nSPS) is 14.5. The minimum Gasteiger partial charge on any atom is -0.229 e. The van der Waals surface area contributed by atoms with Gasteiger partial charge in [-0.15, -0.1) is 11.6 Å². The standard InChI is InChI=1S/C11H23ClO2S/c1-4-15(13,14)8-6-5-7-11(12)9-10(2)3/h10-11H,4-9H2,1-3H3. The first-order valence-corrected chi connectivity index (χ1v) is 7.97. The third kappa shape index (κ3) is 9.19. The number of unbranched alkanes of at least 4 members (excludes halogenated alkanes) is 1. The Morgan fingerprint density at radius 2 is 1.80 bits per heavy atom. The highest BCUT2D eigenvalue weighted by molar-refractivity contribution is 7.91. The maximum absolute atomic E-state index is 11.2. The Balaban J connectivity index is 3.55. The molecule has 0 amide bonds. The molecule has 0 aromatic carbocycles. The summed E-state index contributed by atoms with van der Waals surface area (Å²) in [5, 5.41) is 0.203. The molecule has 0 heterocycles. The highest BCUT2D eigenvalue weighted by Gasteiger charge is 2.09. The van der Waals surface area contributed by atoms with E-state index in [1.807, 2.05) is 0 Å². The van der Waals surface area contributed by atoms with E-state index >= 15 is 0 Å².